The van der Waals surface area contributed by atoms with E-state index in [1.54, 1.807) is 14.7 Å². The lowest BCUT2D eigenvalue weighted by Crippen LogP contribution is -2.30. The number of nitrogens with two attached hydrogens (primary N) is 1. The van der Waals surface area contributed by atoms with Crippen molar-refractivity contribution in [3.63, 3.8) is 0 Å². The number of hydrogen-bond acceptors (Lipinski definition) is 7. The molecule has 1 aliphatic rings. The smallest absolute Gasteiger partial charge is 0.167 e. The third-order valence-corrected chi connectivity index (χ3v) is 3.61. The van der Waals surface area contributed by atoms with Crippen LogP contribution in [-0.4, -0.2) is 48.0 Å². The molecule has 2 aromatic heterocycles. The molecule has 8 nitrogen and oxygen atoms in total. The van der Waals surface area contributed by atoms with Gasteiger partial charge in [0.2, 0.25) is 0 Å². The van der Waals surface area contributed by atoms with Gasteiger partial charge >= 0.3 is 0 Å². The number of aliphatic hydroxyl groups is 2. The highest BCUT2D eigenvalue weighted by molar-refractivity contribution is 14.1. The van der Waals surface area contributed by atoms with Gasteiger partial charge in [-0.2, -0.15) is 0 Å². The minimum atomic E-state index is -1.08. The second-order valence-corrected chi connectivity index (χ2v) is 5.09. The standard InChI is InChI=1S/C11H12IN5O3/c12-2-1-5-7(18)8(19)11(20-5)17-4-16-6-9(13)14-3-15-10(6)17/h1-5,7-8,11,18-19H,(H2,13,14,15)/b2-1+/t5-,7-,8-,11?/m1/s1. The number of hydrogen-bond donors (Lipinski definition) is 3. The van der Waals surface area contributed by atoms with Crippen molar-refractivity contribution in [1.29, 1.82) is 0 Å². The fraction of sp³-hybridized carbons (Fsp3) is 0.364. The van der Waals surface area contributed by atoms with E-state index in [-0.39, 0.29) is 5.82 Å². The van der Waals surface area contributed by atoms with Crippen LogP contribution in [0.15, 0.2) is 22.8 Å². The molecule has 0 radical (unpaired) electrons. The first-order valence-electron chi connectivity index (χ1n) is 5.85. The van der Waals surface area contributed by atoms with E-state index in [1.807, 2.05) is 22.6 Å². The van der Waals surface area contributed by atoms with E-state index in [0.717, 1.165) is 0 Å². The second-order valence-electron chi connectivity index (χ2n) is 4.37. The van der Waals surface area contributed by atoms with Crippen LogP contribution in [0.3, 0.4) is 0 Å². The van der Waals surface area contributed by atoms with Crippen molar-refractivity contribution in [2.75, 3.05) is 5.73 Å². The number of aromatic nitrogens is 4. The van der Waals surface area contributed by atoms with Crippen LogP contribution in [-0.2, 0) is 4.74 Å². The average molecular weight is 389 g/mol. The van der Waals surface area contributed by atoms with Crippen LogP contribution in [0, 0.1) is 0 Å². The molecule has 9 heteroatoms. The molecule has 3 heterocycles. The molecule has 2 aromatic rings. The highest BCUT2D eigenvalue weighted by atomic mass is 127. The van der Waals surface area contributed by atoms with Crippen molar-refractivity contribution in [3.8, 4) is 0 Å². The molecular formula is C11H12IN5O3. The van der Waals surface area contributed by atoms with E-state index < -0.39 is 24.5 Å². The van der Waals surface area contributed by atoms with Gasteiger partial charge in [-0.1, -0.05) is 22.6 Å². The molecule has 0 bridgehead atoms. The molecule has 0 aromatic carbocycles. The monoisotopic (exact) mass is 389 g/mol. The lowest BCUT2D eigenvalue weighted by Gasteiger charge is -2.16. The molecule has 1 fully saturated rings. The van der Waals surface area contributed by atoms with E-state index in [2.05, 4.69) is 15.0 Å². The summed E-state index contributed by atoms with van der Waals surface area (Å²) in [5.74, 6) is 0.255. The number of rotatable bonds is 2. The van der Waals surface area contributed by atoms with Crippen LogP contribution in [0.1, 0.15) is 6.23 Å². The summed E-state index contributed by atoms with van der Waals surface area (Å²) < 4.78 is 8.92. The Hall–Kier alpha value is -1.30. The van der Waals surface area contributed by atoms with Gasteiger partial charge in [-0.15, -0.1) is 0 Å². The highest BCUT2D eigenvalue weighted by Gasteiger charge is 2.43. The largest absolute Gasteiger partial charge is 0.387 e. The first-order valence-corrected chi connectivity index (χ1v) is 7.09. The normalized spacial score (nSPS) is 30.6. The van der Waals surface area contributed by atoms with Crippen molar-refractivity contribution in [3.05, 3.63) is 22.8 Å². The molecule has 1 unspecified atom stereocenters. The second kappa shape index (κ2) is 5.24. The molecule has 4 N–H and O–H groups in total. The number of imidazole rings is 1. The van der Waals surface area contributed by atoms with Crippen molar-refractivity contribution >= 4 is 39.6 Å². The van der Waals surface area contributed by atoms with Crippen LogP contribution in [0.5, 0.6) is 0 Å². The molecule has 0 saturated carbocycles. The summed E-state index contributed by atoms with van der Waals surface area (Å²) in [5.41, 5.74) is 6.60. The summed E-state index contributed by atoms with van der Waals surface area (Å²) in [4.78, 5) is 12.1. The average Bonchev–Trinajstić information content (AvgIpc) is 2.97. The Labute approximate surface area is 127 Å². The predicted octanol–water partition coefficient (Wildman–Crippen LogP) is -0.0236. The Balaban J connectivity index is 2.02. The maximum absolute atomic E-state index is 10.1. The summed E-state index contributed by atoms with van der Waals surface area (Å²) in [7, 11) is 0. The fourth-order valence-corrected chi connectivity index (χ4v) is 2.61. The topological polar surface area (TPSA) is 119 Å². The Morgan fingerprint density at radius 3 is 2.85 bits per heavy atom. The quantitative estimate of drug-likeness (QED) is 0.618. The zero-order valence-electron chi connectivity index (χ0n) is 10.2. The molecule has 0 aliphatic carbocycles. The summed E-state index contributed by atoms with van der Waals surface area (Å²) in [6.45, 7) is 0. The first-order chi connectivity index (χ1) is 9.63. The number of nitrogen functional groups attached to an aromatic ring is 1. The van der Waals surface area contributed by atoms with Gasteiger partial charge in [0.1, 0.15) is 30.2 Å². The van der Waals surface area contributed by atoms with Gasteiger partial charge in [0, 0.05) is 0 Å². The molecule has 1 aliphatic heterocycles. The van der Waals surface area contributed by atoms with Crippen LogP contribution < -0.4 is 5.73 Å². The number of halogens is 1. The van der Waals surface area contributed by atoms with E-state index in [0.29, 0.717) is 11.2 Å². The maximum atomic E-state index is 10.1. The first kappa shape index (κ1) is 13.7. The third kappa shape index (κ3) is 2.06. The van der Waals surface area contributed by atoms with Gasteiger partial charge in [0.25, 0.3) is 0 Å². The molecule has 1 saturated heterocycles. The van der Waals surface area contributed by atoms with E-state index in [1.165, 1.54) is 12.7 Å². The molecule has 0 spiro atoms. The minimum Gasteiger partial charge on any atom is -0.387 e. The maximum Gasteiger partial charge on any atom is 0.167 e. The lowest BCUT2D eigenvalue weighted by molar-refractivity contribution is -0.0244. The Morgan fingerprint density at radius 2 is 2.10 bits per heavy atom. The van der Waals surface area contributed by atoms with Gasteiger partial charge < -0.3 is 20.7 Å². The van der Waals surface area contributed by atoms with E-state index >= 15 is 0 Å². The van der Waals surface area contributed by atoms with Gasteiger partial charge in [0.15, 0.2) is 17.7 Å². The van der Waals surface area contributed by atoms with Crippen molar-refractivity contribution in [1.82, 2.24) is 19.5 Å². The molecule has 4 atom stereocenters. The van der Waals surface area contributed by atoms with Crippen molar-refractivity contribution < 1.29 is 14.9 Å². The number of ether oxygens (including phenoxy) is 1. The van der Waals surface area contributed by atoms with E-state index in [4.69, 9.17) is 10.5 Å². The van der Waals surface area contributed by atoms with Crippen molar-refractivity contribution in [2.24, 2.45) is 0 Å². The highest BCUT2D eigenvalue weighted by Crippen LogP contribution is 2.32. The van der Waals surface area contributed by atoms with Gasteiger partial charge in [-0.05, 0) is 10.2 Å². The molecule has 106 valence electrons. The molecule has 0 amide bonds. The third-order valence-electron chi connectivity index (χ3n) is 3.20. The molecule has 3 rings (SSSR count). The molecular weight excluding hydrogens is 377 g/mol. The number of anilines is 1. The van der Waals surface area contributed by atoms with Gasteiger partial charge in [-0.25, -0.2) is 15.0 Å². The zero-order valence-corrected chi connectivity index (χ0v) is 12.3. The number of aliphatic hydroxyl groups excluding tert-OH is 2. The van der Waals surface area contributed by atoms with Crippen LogP contribution in [0.2, 0.25) is 0 Å². The summed E-state index contributed by atoms with van der Waals surface area (Å²) in [5, 5.41) is 20.1. The number of fused-ring (bicyclic) bond motifs is 1. The Bertz CT molecular complexity index is 661. The van der Waals surface area contributed by atoms with E-state index in [9.17, 15) is 10.2 Å². The lowest BCUT2D eigenvalue weighted by atomic mass is 10.1. The molecule has 20 heavy (non-hydrogen) atoms. The Morgan fingerprint density at radius 1 is 1.30 bits per heavy atom. The van der Waals surface area contributed by atoms with Crippen LogP contribution in [0.25, 0.3) is 11.2 Å². The predicted molar refractivity (Wildman–Crippen MR) is 78.8 cm³/mol. The Kier molecular flexibility index (Phi) is 3.58. The summed E-state index contributed by atoms with van der Waals surface area (Å²) in [6, 6.07) is 0. The number of nitrogens with zero attached hydrogens (tertiary/aromatic N) is 4. The van der Waals surface area contributed by atoms with Crippen molar-refractivity contribution in [2.45, 2.75) is 24.5 Å². The minimum absolute atomic E-state index is 0.255. The zero-order chi connectivity index (χ0) is 14.3. The van der Waals surface area contributed by atoms with Crippen LogP contribution >= 0.6 is 22.6 Å². The van der Waals surface area contributed by atoms with Crippen LogP contribution in [0.4, 0.5) is 5.82 Å². The van der Waals surface area contributed by atoms with Gasteiger partial charge in [-0.3, -0.25) is 4.57 Å². The summed E-state index contributed by atoms with van der Waals surface area (Å²) in [6.07, 6.45) is 1.01. The van der Waals surface area contributed by atoms with Gasteiger partial charge in [0.05, 0.1) is 6.33 Å². The SMILES string of the molecule is Nc1ncnc2c1ncn2C1O[C@H](/C=C/I)[C@@H](O)[C@H]1O. The fourth-order valence-electron chi connectivity index (χ4n) is 2.20. The summed E-state index contributed by atoms with van der Waals surface area (Å²) >= 11 is 2.02.